The van der Waals surface area contributed by atoms with Crippen LogP contribution in [0, 0.1) is 0 Å². The molecule has 0 spiro atoms. The fraction of sp³-hybridized carbons (Fsp3) is 0.188. The lowest BCUT2D eigenvalue weighted by molar-refractivity contribution is 0.0955. The molecule has 0 bridgehead atoms. The molecule has 5 nitrogen and oxygen atoms in total. The Morgan fingerprint density at radius 2 is 2.14 bits per heavy atom. The number of aromatic nitrogens is 1. The van der Waals surface area contributed by atoms with Gasteiger partial charge in [0, 0.05) is 23.9 Å². The van der Waals surface area contributed by atoms with Gasteiger partial charge in [0.2, 0.25) is 0 Å². The Hall–Kier alpha value is -2.34. The molecule has 2 aromatic rings. The SMILES string of the molecule is O=C(N/N=C\c1ccc(OC2CSC2)cc1)c1cccnc1. The third kappa shape index (κ3) is 3.85. The van der Waals surface area contributed by atoms with Crippen molar-refractivity contribution >= 4 is 23.9 Å². The maximum absolute atomic E-state index is 11.8. The number of nitrogens with zero attached hydrogens (tertiary/aromatic N) is 2. The van der Waals surface area contributed by atoms with E-state index < -0.39 is 0 Å². The number of hydrazone groups is 1. The molecule has 1 aromatic heterocycles. The lowest BCUT2D eigenvalue weighted by Gasteiger charge is -2.25. The molecule has 112 valence electrons. The lowest BCUT2D eigenvalue weighted by atomic mass is 10.2. The Balaban J connectivity index is 1.52. The van der Waals surface area contributed by atoms with Crippen LogP contribution in [0.5, 0.6) is 5.75 Å². The zero-order valence-electron chi connectivity index (χ0n) is 11.8. The first-order chi connectivity index (χ1) is 10.8. The van der Waals surface area contributed by atoms with Crippen LogP contribution < -0.4 is 10.2 Å². The van der Waals surface area contributed by atoms with Gasteiger partial charge in [-0.2, -0.15) is 16.9 Å². The summed E-state index contributed by atoms with van der Waals surface area (Å²) < 4.78 is 5.76. The van der Waals surface area contributed by atoms with Crippen LogP contribution in [0.25, 0.3) is 0 Å². The van der Waals surface area contributed by atoms with E-state index in [0.29, 0.717) is 11.7 Å². The first-order valence-electron chi connectivity index (χ1n) is 6.89. The van der Waals surface area contributed by atoms with Gasteiger partial charge in [-0.3, -0.25) is 9.78 Å². The first kappa shape index (κ1) is 14.6. The Bertz CT molecular complexity index is 655. The number of hydrogen-bond acceptors (Lipinski definition) is 5. The van der Waals surface area contributed by atoms with Gasteiger partial charge in [0.05, 0.1) is 11.8 Å². The standard InChI is InChI=1S/C16H15N3O2S/c20-16(13-2-1-7-17-9-13)19-18-8-12-3-5-14(6-4-12)21-15-10-22-11-15/h1-9,15H,10-11H2,(H,19,20)/b18-8-. The van der Waals surface area contributed by atoms with Crippen LogP contribution in [-0.2, 0) is 0 Å². The number of nitrogens with one attached hydrogen (secondary N) is 1. The summed E-state index contributed by atoms with van der Waals surface area (Å²) in [6.07, 6.45) is 5.04. The van der Waals surface area contributed by atoms with Gasteiger partial charge in [0.1, 0.15) is 11.9 Å². The number of pyridine rings is 1. The zero-order chi connectivity index (χ0) is 15.2. The molecular weight excluding hydrogens is 298 g/mol. The van der Waals surface area contributed by atoms with Gasteiger partial charge in [-0.15, -0.1) is 0 Å². The molecule has 6 heteroatoms. The van der Waals surface area contributed by atoms with Crippen LogP contribution in [0.4, 0.5) is 0 Å². The molecule has 2 heterocycles. The van der Waals surface area contributed by atoms with Crippen molar-refractivity contribution in [2.75, 3.05) is 11.5 Å². The maximum Gasteiger partial charge on any atom is 0.272 e. The van der Waals surface area contributed by atoms with Crippen LogP contribution in [-0.4, -0.2) is 34.7 Å². The van der Waals surface area contributed by atoms with Crippen molar-refractivity contribution in [2.45, 2.75) is 6.10 Å². The smallest absolute Gasteiger partial charge is 0.272 e. The average molecular weight is 313 g/mol. The van der Waals surface area contributed by atoms with E-state index in [-0.39, 0.29) is 5.91 Å². The van der Waals surface area contributed by atoms with Crippen molar-refractivity contribution in [2.24, 2.45) is 5.10 Å². The molecule has 0 unspecified atom stereocenters. The first-order valence-corrected chi connectivity index (χ1v) is 8.04. The lowest BCUT2D eigenvalue weighted by Crippen LogP contribution is -2.30. The molecule has 1 saturated heterocycles. The number of ether oxygens (including phenoxy) is 1. The van der Waals surface area contributed by atoms with E-state index in [9.17, 15) is 4.79 Å². The molecule has 1 aromatic carbocycles. The largest absolute Gasteiger partial charge is 0.489 e. The van der Waals surface area contributed by atoms with Crippen LogP contribution in [0.15, 0.2) is 53.9 Å². The molecule has 0 aliphatic carbocycles. The maximum atomic E-state index is 11.8. The van der Waals surface area contributed by atoms with Gasteiger partial charge >= 0.3 is 0 Å². The molecule has 0 saturated carbocycles. The van der Waals surface area contributed by atoms with Crippen molar-refractivity contribution in [1.29, 1.82) is 0 Å². The number of carbonyl (C=O) groups excluding carboxylic acids is 1. The van der Waals surface area contributed by atoms with E-state index in [1.807, 2.05) is 36.0 Å². The quantitative estimate of drug-likeness (QED) is 0.680. The van der Waals surface area contributed by atoms with Gasteiger partial charge in [0.15, 0.2) is 0 Å². The highest BCUT2D eigenvalue weighted by Crippen LogP contribution is 2.23. The zero-order valence-corrected chi connectivity index (χ0v) is 12.6. The summed E-state index contributed by atoms with van der Waals surface area (Å²) >= 11 is 1.89. The van der Waals surface area contributed by atoms with E-state index in [1.54, 1.807) is 24.5 Å². The van der Waals surface area contributed by atoms with Gasteiger partial charge in [-0.25, -0.2) is 5.43 Å². The predicted molar refractivity (Wildman–Crippen MR) is 87.5 cm³/mol. The molecule has 22 heavy (non-hydrogen) atoms. The van der Waals surface area contributed by atoms with E-state index in [1.165, 1.54) is 6.20 Å². The summed E-state index contributed by atoms with van der Waals surface area (Å²) in [5.41, 5.74) is 3.83. The summed E-state index contributed by atoms with van der Waals surface area (Å²) in [6, 6.07) is 11.0. The normalized spacial score (nSPS) is 14.5. The Morgan fingerprint density at radius 1 is 1.32 bits per heavy atom. The van der Waals surface area contributed by atoms with E-state index >= 15 is 0 Å². The highest BCUT2D eigenvalue weighted by molar-refractivity contribution is 8.00. The van der Waals surface area contributed by atoms with Crippen molar-refractivity contribution < 1.29 is 9.53 Å². The van der Waals surface area contributed by atoms with Crippen LogP contribution in [0.1, 0.15) is 15.9 Å². The molecule has 0 radical (unpaired) electrons. The third-order valence-corrected chi connectivity index (χ3v) is 4.31. The number of amides is 1. The number of carbonyl (C=O) groups is 1. The van der Waals surface area contributed by atoms with Gasteiger partial charge in [-0.1, -0.05) is 0 Å². The van der Waals surface area contributed by atoms with Crippen molar-refractivity contribution in [3.05, 3.63) is 59.9 Å². The minimum atomic E-state index is -0.285. The molecule has 1 N–H and O–H groups in total. The van der Waals surface area contributed by atoms with Gasteiger partial charge < -0.3 is 4.74 Å². The third-order valence-electron chi connectivity index (χ3n) is 3.09. The minimum Gasteiger partial charge on any atom is -0.489 e. The number of thioether (sulfide) groups is 1. The van der Waals surface area contributed by atoms with Crippen molar-refractivity contribution in [3.8, 4) is 5.75 Å². The second-order valence-corrected chi connectivity index (χ2v) is 5.86. The fourth-order valence-corrected chi connectivity index (χ4v) is 2.40. The molecule has 0 atom stereocenters. The highest BCUT2D eigenvalue weighted by Gasteiger charge is 2.19. The summed E-state index contributed by atoms with van der Waals surface area (Å²) in [6.45, 7) is 0. The summed E-state index contributed by atoms with van der Waals surface area (Å²) in [4.78, 5) is 15.7. The summed E-state index contributed by atoms with van der Waals surface area (Å²) in [7, 11) is 0. The Labute approximate surface area is 132 Å². The average Bonchev–Trinajstić information content (AvgIpc) is 2.53. The second kappa shape index (κ2) is 7.09. The Morgan fingerprint density at radius 3 is 2.77 bits per heavy atom. The van der Waals surface area contributed by atoms with Crippen molar-refractivity contribution in [3.63, 3.8) is 0 Å². The minimum absolute atomic E-state index is 0.285. The fourth-order valence-electron chi connectivity index (χ4n) is 1.83. The van der Waals surface area contributed by atoms with E-state index in [0.717, 1.165) is 22.8 Å². The topological polar surface area (TPSA) is 63.6 Å². The Kier molecular flexibility index (Phi) is 4.70. The molecule has 1 fully saturated rings. The van der Waals surface area contributed by atoms with Gasteiger partial charge in [0.25, 0.3) is 5.91 Å². The van der Waals surface area contributed by atoms with E-state index in [4.69, 9.17) is 4.74 Å². The number of benzene rings is 1. The van der Waals surface area contributed by atoms with Crippen LogP contribution in [0.2, 0.25) is 0 Å². The molecule has 1 aliphatic rings. The summed E-state index contributed by atoms with van der Waals surface area (Å²) in [5.74, 6) is 2.70. The summed E-state index contributed by atoms with van der Waals surface area (Å²) in [5, 5.41) is 3.94. The molecule has 1 amide bonds. The van der Waals surface area contributed by atoms with E-state index in [2.05, 4.69) is 15.5 Å². The number of hydrogen-bond donors (Lipinski definition) is 1. The highest BCUT2D eigenvalue weighted by atomic mass is 32.2. The molecule has 1 aliphatic heterocycles. The molecule has 3 rings (SSSR count). The predicted octanol–water partition coefficient (Wildman–Crippen LogP) is 2.34. The second-order valence-electron chi connectivity index (χ2n) is 4.79. The molecular formula is C16H15N3O2S. The van der Waals surface area contributed by atoms with Crippen molar-refractivity contribution in [1.82, 2.24) is 10.4 Å². The van der Waals surface area contributed by atoms with Gasteiger partial charge in [-0.05, 0) is 42.0 Å². The van der Waals surface area contributed by atoms with Crippen LogP contribution >= 0.6 is 11.8 Å². The monoisotopic (exact) mass is 313 g/mol. The number of rotatable bonds is 5. The van der Waals surface area contributed by atoms with Crippen LogP contribution in [0.3, 0.4) is 0 Å².